The summed E-state index contributed by atoms with van der Waals surface area (Å²) >= 11 is 3.20. The fourth-order valence-corrected chi connectivity index (χ4v) is 4.73. The summed E-state index contributed by atoms with van der Waals surface area (Å²) in [4.78, 5) is 21.0. The number of carbonyl (C=O) groups is 1. The van der Waals surface area contributed by atoms with Gasteiger partial charge in [0.25, 0.3) is 0 Å². The van der Waals surface area contributed by atoms with Crippen LogP contribution in [-0.2, 0) is 25.4 Å². The van der Waals surface area contributed by atoms with E-state index >= 15 is 0 Å². The van der Waals surface area contributed by atoms with Crippen molar-refractivity contribution in [3.8, 4) is 10.7 Å². The topological polar surface area (TPSA) is 70.5 Å². The summed E-state index contributed by atoms with van der Waals surface area (Å²) in [7, 11) is 4.47. The van der Waals surface area contributed by atoms with Gasteiger partial charge in [-0.2, -0.15) is 0 Å². The first-order valence-electron chi connectivity index (χ1n) is 10.0. The summed E-state index contributed by atoms with van der Waals surface area (Å²) in [5.41, 5.74) is 2.96. The van der Waals surface area contributed by atoms with E-state index < -0.39 is 5.97 Å². The van der Waals surface area contributed by atoms with Crippen molar-refractivity contribution in [2.24, 2.45) is 5.92 Å². The van der Waals surface area contributed by atoms with Gasteiger partial charge in [0.2, 0.25) is 0 Å². The van der Waals surface area contributed by atoms with Gasteiger partial charge in [-0.3, -0.25) is 0 Å². The van der Waals surface area contributed by atoms with Gasteiger partial charge in [-0.15, -0.1) is 22.7 Å². The Morgan fingerprint density at radius 2 is 1.84 bits per heavy atom. The number of rotatable bonds is 10. The van der Waals surface area contributed by atoms with Crippen LogP contribution in [0.5, 0.6) is 0 Å². The molecule has 0 fully saturated rings. The Labute approximate surface area is 196 Å². The van der Waals surface area contributed by atoms with Crippen LogP contribution in [-0.4, -0.2) is 43.4 Å². The molecule has 0 saturated carbocycles. The van der Waals surface area contributed by atoms with Crippen LogP contribution >= 0.6 is 22.7 Å². The van der Waals surface area contributed by atoms with Crippen LogP contribution in [0.1, 0.15) is 23.2 Å². The molecule has 0 N–H and O–H groups in total. The van der Waals surface area contributed by atoms with Gasteiger partial charge in [-0.1, -0.05) is 43.3 Å². The number of nitrogens with zero attached hydrogens (tertiary/aromatic N) is 2. The van der Waals surface area contributed by atoms with Crippen LogP contribution in [0.15, 0.2) is 59.0 Å². The number of hydrogen-bond acceptors (Lipinski definition) is 8. The highest BCUT2D eigenvalue weighted by Gasteiger charge is 2.20. The average Bonchev–Trinajstić information content (AvgIpc) is 3.47. The van der Waals surface area contributed by atoms with E-state index in [2.05, 4.69) is 16.9 Å². The summed E-state index contributed by atoms with van der Waals surface area (Å²) in [6.07, 6.45) is 5.68. The number of thiazole rings is 2. The van der Waals surface area contributed by atoms with Crippen LogP contribution in [0.2, 0.25) is 0 Å². The zero-order valence-electron chi connectivity index (χ0n) is 18.5. The third-order valence-electron chi connectivity index (χ3n) is 4.86. The quantitative estimate of drug-likeness (QED) is 0.230. The number of benzene rings is 1. The molecular weight excluding hydrogens is 444 g/mol. The SMILES string of the molecule is COC(=O)/C=C(/OC)C(C)C(/C=C/c1csc(-c2csc(Cc3ccccc3)n2)n1)OC. The maximum Gasteiger partial charge on any atom is 0.333 e. The van der Waals surface area contributed by atoms with E-state index in [4.69, 9.17) is 19.4 Å². The van der Waals surface area contributed by atoms with Crippen molar-refractivity contribution in [2.45, 2.75) is 19.4 Å². The Balaban J connectivity index is 1.68. The van der Waals surface area contributed by atoms with Gasteiger partial charge in [-0.05, 0) is 11.6 Å². The maximum atomic E-state index is 11.6. The van der Waals surface area contributed by atoms with E-state index in [-0.39, 0.29) is 12.0 Å². The average molecular weight is 471 g/mol. The van der Waals surface area contributed by atoms with Gasteiger partial charge in [0, 0.05) is 30.2 Å². The van der Waals surface area contributed by atoms with Gasteiger partial charge in [0.05, 0.1) is 37.1 Å². The lowest BCUT2D eigenvalue weighted by Gasteiger charge is -2.21. The monoisotopic (exact) mass is 470 g/mol. The molecule has 1 aromatic carbocycles. The van der Waals surface area contributed by atoms with Crippen molar-refractivity contribution in [2.75, 3.05) is 21.3 Å². The minimum Gasteiger partial charge on any atom is -0.500 e. The maximum absolute atomic E-state index is 11.6. The van der Waals surface area contributed by atoms with Crippen molar-refractivity contribution in [3.63, 3.8) is 0 Å². The van der Waals surface area contributed by atoms with Gasteiger partial charge in [0.15, 0.2) is 0 Å². The Bertz CT molecular complexity index is 1070. The van der Waals surface area contributed by atoms with E-state index in [0.717, 1.165) is 27.8 Å². The number of ether oxygens (including phenoxy) is 3. The molecule has 0 amide bonds. The lowest BCUT2D eigenvalue weighted by Crippen LogP contribution is -2.21. The third kappa shape index (κ3) is 6.35. The number of esters is 1. The van der Waals surface area contributed by atoms with E-state index in [1.807, 2.05) is 48.0 Å². The first kappa shape index (κ1) is 23.8. The molecule has 0 spiro atoms. The molecule has 2 atom stereocenters. The van der Waals surface area contributed by atoms with Crippen LogP contribution in [0.3, 0.4) is 0 Å². The van der Waals surface area contributed by atoms with Gasteiger partial charge in [-0.25, -0.2) is 14.8 Å². The second-order valence-corrected chi connectivity index (χ2v) is 8.79. The summed E-state index contributed by atoms with van der Waals surface area (Å²) in [5.74, 6) is -0.162. The zero-order valence-corrected chi connectivity index (χ0v) is 20.1. The van der Waals surface area contributed by atoms with Crippen LogP contribution in [0.25, 0.3) is 16.8 Å². The zero-order chi connectivity index (χ0) is 22.9. The molecule has 168 valence electrons. The molecule has 0 aliphatic rings. The Kier molecular flexibility index (Phi) is 8.72. The fourth-order valence-electron chi connectivity index (χ4n) is 3.10. The molecule has 0 aliphatic carbocycles. The van der Waals surface area contributed by atoms with E-state index in [0.29, 0.717) is 5.76 Å². The molecule has 0 bridgehead atoms. The van der Waals surface area contributed by atoms with Crippen molar-refractivity contribution in [3.05, 3.63) is 75.3 Å². The molecule has 6 nitrogen and oxygen atoms in total. The molecule has 2 aromatic heterocycles. The first-order valence-corrected chi connectivity index (χ1v) is 11.8. The normalized spacial score (nSPS) is 13.8. The van der Waals surface area contributed by atoms with E-state index in [1.165, 1.54) is 25.9 Å². The molecule has 3 aromatic rings. The van der Waals surface area contributed by atoms with Gasteiger partial charge >= 0.3 is 5.97 Å². The smallest absolute Gasteiger partial charge is 0.333 e. The predicted molar refractivity (Wildman–Crippen MR) is 129 cm³/mol. The lowest BCUT2D eigenvalue weighted by molar-refractivity contribution is -0.135. The molecule has 0 saturated heterocycles. The summed E-state index contributed by atoms with van der Waals surface area (Å²) in [6.45, 7) is 1.92. The van der Waals surface area contributed by atoms with E-state index in [1.54, 1.807) is 29.8 Å². The molecule has 0 aliphatic heterocycles. The van der Waals surface area contributed by atoms with Crippen molar-refractivity contribution in [1.29, 1.82) is 0 Å². The molecule has 0 radical (unpaired) electrons. The van der Waals surface area contributed by atoms with Gasteiger partial charge < -0.3 is 14.2 Å². The Morgan fingerprint density at radius 3 is 2.53 bits per heavy atom. The summed E-state index contributed by atoms with van der Waals surface area (Å²) in [5, 5.41) is 5.98. The van der Waals surface area contributed by atoms with Gasteiger partial charge in [0.1, 0.15) is 16.5 Å². The molecule has 8 heteroatoms. The highest BCUT2D eigenvalue weighted by atomic mass is 32.1. The minimum atomic E-state index is -0.466. The third-order valence-corrected chi connectivity index (χ3v) is 6.59. The Morgan fingerprint density at radius 1 is 1.06 bits per heavy atom. The minimum absolute atomic E-state index is 0.183. The molecule has 2 heterocycles. The van der Waals surface area contributed by atoms with Crippen LogP contribution in [0, 0.1) is 5.92 Å². The summed E-state index contributed by atoms with van der Waals surface area (Å²) < 4.78 is 15.6. The predicted octanol–water partition coefficient (Wildman–Crippen LogP) is 5.23. The molecule has 3 rings (SSSR count). The molecule has 2 unspecified atom stereocenters. The highest BCUT2D eigenvalue weighted by molar-refractivity contribution is 7.14. The van der Waals surface area contributed by atoms with E-state index in [9.17, 15) is 4.79 Å². The number of aromatic nitrogens is 2. The fraction of sp³-hybridized carbons (Fsp3) is 0.292. The number of carbonyl (C=O) groups excluding carboxylic acids is 1. The van der Waals surface area contributed by atoms with Crippen molar-refractivity contribution < 1.29 is 19.0 Å². The second kappa shape index (κ2) is 11.7. The van der Waals surface area contributed by atoms with Crippen LogP contribution < -0.4 is 0 Å². The number of hydrogen-bond donors (Lipinski definition) is 0. The van der Waals surface area contributed by atoms with Crippen molar-refractivity contribution in [1.82, 2.24) is 9.97 Å². The largest absolute Gasteiger partial charge is 0.500 e. The lowest BCUT2D eigenvalue weighted by atomic mass is 10.0. The molecular formula is C24H26N2O4S2. The standard InChI is InChI=1S/C24H26N2O4S2/c1-16(21(29-3)13-23(27)30-4)20(28-2)11-10-18-14-32-24(25-18)19-15-31-22(26-19)12-17-8-6-5-7-9-17/h5-11,13-16,20H,12H2,1-4H3/b11-10+,21-13+. The Hall–Kier alpha value is -2.81. The highest BCUT2D eigenvalue weighted by Crippen LogP contribution is 2.27. The number of methoxy groups -OCH3 is 3. The first-order chi connectivity index (χ1) is 15.5. The second-order valence-electron chi connectivity index (χ2n) is 6.99. The summed E-state index contributed by atoms with van der Waals surface area (Å²) in [6, 6.07) is 10.3. The van der Waals surface area contributed by atoms with Crippen LogP contribution in [0.4, 0.5) is 0 Å². The molecule has 32 heavy (non-hydrogen) atoms. The van der Waals surface area contributed by atoms with Crippen molar-refractivity contribution >= 4 is 34.7 Å².